The zero-order chi connectivity index (χ0) is 31.5. The SMILES string of the molecule is Cn1ccc2c(C(Nc3cc(C#N)c4ncc(C#N)c(NCC(C)(C)C)c4c3)c3cn(C4(C5CC5)CC4)nn3)cccc2c1=O. The number of hydrogen-bond donors (Lipinski definition) is 2. The van der Waals surface area contributed by atoms with E-state index in [1.165, 1.54) is 19.0 Å². The number of anilines is 2. The second-order valence-electron chi connectivity index (χ2n) is 13.7. The highest BCUT2D eigenvalue weighted by molar-refractivity contribution is 5.99. The summed E-state index contributed by atoms with van der Waals surface area (Å²) in [5.74, 6) is 0.651. The molecule has 2 N–H and O–H groups in total. The number of benzene rings is 2. The van der Waals surface area contributed by atoms with Gasteiger partial charge < -0.3 is 15.2 Å². The Labute approximate surface area is 261 Å². The molecule has 2 fully saturated rings. The van der Waals surface area contributed by atoms with Crippen LogP contribution in [0.4, 0.5) is 11.4 Å². The van der Waals surface area contributed by atoms with Gasteiger partial charge in [-0.15, -0.1) is 5.10 Å². The molecule has 0 amide bonds. The monoisotopic (exact) mass is 597 g/mol. The van der Waals surface area contributed by atoms with Gasteiger partial charge in [0.15, 0.2) is 0 Å². The molecule has 2 saturated carbocycles. The van der Waals surface area contributed by atoms with Crippen molar-refractivity contribution in [3.05, 3.63) is 87.7 Å². The topological polar surface area (TPSA) is 137 Å². The number of nitriles is 2. The maximum Gasteiger partial charge on any atom is 0.258 e. The summed E-state index contributed by atoms with van der Waals surface area (Å²) in [7, 11) is 1.75. The largest absolute Gasteiger partial charge is 0.383 e. The summed E-state index contributed by atoms with van der Waals surface area (Å²) >= 11 is 0. The molecule has 0 radical (unpaired) electrons. The lowest BCUT2D eigenvalue weighted by Gasteiger charge is -2.23. The second-order valence-corrected chi connectivity index (χ2v) is 13.7. The number of hydrogen-bond acceptors (Lipinski definition) is 8. The number of aromatic nitrogens is 5. The van der Waals surface area contributed by atoms with Crippen LogP contribution in [0.5, 0.6) is 0 Å². The highest BCUT2D eigenvalue weighted by Gasteiger charge is 2.56. The van der Waals surface area contributed by atoms with Gasteiger partial charge in [0, 0.05) is 42.4 Å². The van der Waals surface area contributed by atoms with Crippen LogP contribution in [-0.2, 0) is 12.6 Å². The van der Waals surface area contributed by atoms with Crippen molar-refractivity contribution in [1.29, 1.82) is 10.5 Å². The first-order chi connectivity index (χ1) is 21.6. The Kier molecular flexibility index (Phi) is 6.63. The zero-order valence-corrected chi connectivity index (χ0v) is 25.9. The third-order valence-electron chi connectivity index (χ3n) is 9.15. The molecule has 1 unspecified atom stereocenters. The number of aryl methyl sites for hydroxylation is 1. The van der Waals surface area contributed by atoms with Gasteiger partial charge in [-0.2, -0.15) is 10.5 Å². The quantitative estimate of drug-likeness (QED) is 0.223. The molecule has 226 valence electrons. The lowest BCUT2D eigenvalue weighted by molar-refractivity contribution is 0.371. The predicted octanol–water partition coefficient (Wildman–Crippen LogP) is 5.98. The molecule has 10 nitrogen and oxygen atoms in total. The number of nitrogens with zero attached hydrogens (tertiary/aromatic N) is 7. The van der Waals surface area contributed by atoms with Gasteiger partial charge in [0.25, 0.3) is 5.56 Å². The molecular formula is C35H35N9O. The van der Waals surface area contributed by atoms with Crippen molar-refractivity contribution in [3.63, 3.8) is 0 Å². The van der Waals surface area contributed by atoms with Gasteiger partial charge in [0.2, 0.25) is 0 Å². The van der Waals surface area contributed by atoms with Crippen molar-refractivity contribution in [3.8, 4) is 12.1 Å². The molecule has 1 atom stereocenters. The van der Waals surface area contributed by atoms with Crippen molar-refractivity contribution >= 4 is 33.1 Å². The number of pyridine rings is 2. The average Bonchev–Trinajstić information content (AvgIpc) is 3.97. The van der Waals surface area contributed by atoms with E-state index in [0.717, 1.165) is 29.5 Å². The minimum Gasteiger partial charge on any atom is -0.383 e. The van der Waals surface area contributed by atoms with E-state index in [4.69, 9.17) is 5.10 Å². The van der Waals surface area contributed by atoms with Crippen molar-refractivity contribution in [2.75, 3.05) is 17.2 Å². The Morgan fingerprint density at radius 2 is 1.84 bits per heavy atom. The van der Waals surface area contributed by atoms with Crippen LogP contribution in [0.15, 0.2) is 59.8 Å². The van der Waals surface area contributed by atoms with Gasteiger partial charge in [-0.25, -0.2) is 4.68 Å². The van der Waals surface area contributed by atoms with Crippen LogP contribution in [-0.4, -0.2) is 31.1 Å². The Morgan fingerprint density at radius 1 is 1.07 bits per heavy atom. The summed E-state index contributed by atoms with van der Waals surface area (Å²) in [5, 5.41) is 38.7. The minimum absolute atomic E-state index is 0.0437. The fraction of sp³-hybridized carbons (Fsp3) is 0.371. The first-order valence-corrected chi connectivity index (χ1v) is 15.4. The number of fused-ring (bicyclic) bond motifs is 2. The van der Waals surface area contributed by atoms with Gasteiger partial charge in [-0.05, 0) is 72.2 Å². The van der Waals surface area contributed by atoms with E-state index in [9.17, 15) is 15.3 Å². The van der Waals surface area contributed by atoms with Crippen molar-refractivity contribution < 1.29 is 0 Å². The highest BCUT2D eigenvalue weighted by Crippen LogP contribution is 2.59. The molecule has 0 bridgehead atoms. The molecule has 3 aromatic heterocycles. The molecule has 10 heteroatoms. The van der Waals surface area contributed by atoms with E-state index in [1.54, 1.807) is 23.9 Å². The van der Waals surface area contributed by atoms with Crippen LogP contribution in [0, 0.1) is 34.0 Å². The van der Waals surface area contributed by atoms with Gasteiger partial charge in [0.1, 0.15) is 17.8 Å². The highest BCUT2D eigenvalue weighted by atomic mass is 16.1. The smallest absolute Gasteiger partial charge is 0.258 e. The van der Waals surface area contributed by atoms with Crippen LogP contribution in [0.3, 0.4) is 0 Å². The first kappa shape index (κ1) is 28.5. The van der Waals surface area contributed by atoms with Crippen LogP contribution in [0.25, 0.3) is 21.7 Å². The molecule has 2 aromatic carbocycles. The summed E-state index contributed by atoms with van der Waals surface area (Å²) < 4.78 is 3.63. The maximum atomic E-state index is 13.1. The Balaban J connectivity index is 1.39. The molecule has 2 aliphatic rings. The standard InChI is InChI=1S/C35H35N9O/c1-34(2,3)20-39-31-22(17-37)18-38-30-21(16-36)14-24(15-28(30)31)40-32(26-6-5-7-27-25(26)10-13-43(4)33(27)45)29-19-44(42-41-29)35(11-12-35)23-8-9-23/h5-7,10,13-15,18-19,23,32,40H,8-9,11-12,20H2,1-4H3,(H,38,39). The molecule has 5 aromatic rings. The minimum atomic E-state index is -0.480. The fourth-order valence-electron chi connectivity index (χ4n) is 6.43. The summed E-state index contributed by atoms with van der Waals surface area (Å²) in [6.45, 7) is 6.98. The maximum absolute atomic E-state index is 13.1. The zero-order valence-electron chi connectivity index (χ0n) is 25.9. The molecule has 0 aliphatic heterocycles. The van der Waals surface area contributed by atoms with Crippen molar-refractivity contribution in [2.45, 2.75) is 58.0 Å². The van der Waals surface area contributed by atoms with E-state index >= 15 is 0 Å². The average molecular weight is 598 g/mol. The fourth-order valence-corrected chi connectivity index (χ4v) is 6.43. The first-order valence-electron chi connectivity index (χ1n) is 15.4. The van der Waals surface area contributed by atoms with Gasteiger partial charge >= 0.3 is 0 Å². The van der Waals surface area contributed by atoms with Crippen molar-refractivity contribution in [1.82, 2.24) is 24.5 Å². The Hall–Kier alpha value is -5.22. The van der Waals surface area contributed by atoms with Gasteiger partial charge in [-0.3, -0.25) is 9.78 Å². The van der Waals surface area contributed by atoms with E-state index in [1.807, 2.05) is 36.5 Å². The van der Waals surface area contributed by atoms with Crippen LogP contribution < -0.4 is 16.2 Å². The summed E-state index contributed by atoms with van der Waals surface area (Å²) in [5.41, 5.74) is 4.18. The number of nitrogens with one attached hydrogen (secondary N) is 2. The predicted molar refractivity (Wildman–Crippen MR) is 174 cm³/mol. The normalized spacial score (nSPS) is 16.2. The van der Waals surface area contributed by atoms with Crippen LogP contribution >= 0.6 is 0 Å². The van der Waals surface area contributed by atoms with Crippen LogP contribution in [0.2, 0.25) is 0 Å². The Bertz CT molecular complexity index is 2110. The van der Waals surface area contributed by atoms with E-state index in [0.29, 0.717) is 51.3 Å². The molecular weight excluding hydrogens is 562 g/mol. The summed E-state index contributed by atoms with van der Waals surface area (Å²) in [6, 6.07) is 15.5. The summed E-state index contributed by atoms with van der Waals surface area (Å²) in [4.78, 5) is 17.6. The molecule has 3 heterocycles. The van der Waals surface area contributed by atoms with Gasteiger partial charge in [0.05, 0.1) is 40.1 Å². The van der Waals surface area contributed by atoms with E-state index in [-0.39, 0.29) is 16.5 Å². The molecule has 45 heavy (non-hydrogen) atoms. The van der Waals surface area contributed by atoms with Crippen molar-refractivity contribution in [2.24, 2.45) is 18.4 Å². The van der Waals surface area contributed by atoms with E-state index < -0.39 is 6.04 Å². The lowest BCUT2D eigenvalue weighted by Crippen LogP contribution is -2.20. The van der Waals surface area contributed by atoms with E-state index in [2.05, 4.69) is 58.4 Å². The Morgan fingerprint density at radius 3 is 2.53 bits per heavy atom. The third-order valence-corrected chi connectivity index (χ3v) is 9.15. The second kappa shape index (κ2) is 10.4. The molecule has 0 spiro atoms. The van der Waals surface area contributed by atoms with Gasteiger partial charge in [-0.1, -0.05) is 38.1 Å². The third kappa shape index (κ3) is 5.06. The molecule has 2 aliphatic carbocycles. The lowest BCUT2D eigenvalue weighted by atomic mass is 9.96. The molecule has 7 rings (SSSR count). The molecule has 0 saturated heterocycles. The summed E-state index contributed by atoms with van der Waals surface area (Å²) in [6.07, 6.45) is 10.0. The number of rotatable bonds is 8. The van der Waals surface area contributed by atoms with Crippen LogP contribution in [0.1, 0.15) is 74.9 Å².